The van der Waals surface area contributed by atoms with Gasteiger partial charge in [-0.15, -0.1) is 0 Å². The summed E-state index contributed by atoms with van der Waals surface area (Å²) in [5, 5.41) is 6.25. The van der Waals surface area contributed by atoms with Crippen molar-refractivity contribution >= 4 is 22.6 Å². The van der Waals surface area contributed by atoms with Gasteiger partial charge in [0.25, 0.3) is 0 Å². The van der Waals surface area contributed by atoms with Crippen LogP contribution in [0.3, 0.4) is 0 Å². The number of fused-ring (bicyclic) bond motifs is 1. The molecule has 8 heteroatoms. The second-order valence-corrected chi connectivity index (χ2v) is 6.98. The molecule has 142 valence electrons. The highest BCUT2D eigenvalue weighted by Gasteiger charge is 2.24. The molecule has 0 fully saturated rings. The Hall–Kier alpha value is -3.06. The van der Waals surface area contributed by atoms with Crippen LogP contribution in [0.2, 0.25) is 5.02 Å². The fourth-order valence-corrected chi connectivity index (χ4v) is 3.69. The largest absolute Gasteiger partial charge is 0.496 e. The SMILES string of the molecule is COc1c(C(C)n2nc(C)c3cncnc32)cc(Cl)c(C)c1-c1cncnc1. The van der Waals surface area contributed by atoms with Gasteiger partial charge in [-0.2, -0.15) is 5.10 Å². The molecule has 4 aromatic rings. The van der Waals surface area contributed by atoms with Crippen LogP contribution >= 0.6 is 11.6 Å². The number of rotatable bonds is 4. The van der Waals surface area contributed by atoms with Crippen LogP contribution in [0.25, 0.3) is 22.2 Å². The van der Waals surface area contributed by atoms with E-state index in [1.807, 2.05) is 31.5 Å². The van der Waals surface area contributed by atoms with Crippen LogP contribution in [-0.4, -0.2) is 36.8 Å². The molecule has 1 unspecified atom stereocenters. The van der Waals surface area contributed by atoms with E-state index in [1.165, 1.54) is 12.7 Å². The van der Waals surface area contributed by atoms with E-state index in [2.05, 4.69) is 25.0 Å². The average Bonchev–Trinajstić information content (AvgIpc) is 3.06. The molecule has 7 nitrogen and oxygen atoms in total. The molecule has 0 spiro atoms. The second-order valence-electron chi connectivity index (χ2n) is 6.57. The van der Waals surface area contributed by atoms with Crippen LogP contribution in [0.5, 0.6) is 5.75 Å². The Labute approximate surface area is 167 Å². The lowest BCUT2D eigenvalue weighted by Crippen LogP contribution is -2.12. The molecular weight excluding hydrogens is 376 g/mol. The Morgan fingerprint density at radius 3 is 2.50 bits per heavy atom. The molecule has 3 aromatic heterocycles. The fraction of sp³-hybridized carbons (Fsp3) is 0.250. The number of ether oxygens (including phenoxy) is 1. The summed E-state index contributed by atoms with van der Waals surface area (Å²) < 4.78 is 7.72. The number of benzene rings is 1. The first-order chi connectivity index (χ1) is 13.5. The number of aryl methyl sites for hydroxylation is 1. The van der Waals surface area contributed by atoms with E-state index in [4.69, 9.17) is 16.3 Å². The summed E-state index contributed by atoms with van der Waals surface area (Å²) in [4.78, 5) is 16.8. The molecule has 0 aliphatic rings. The highest BCUT2D eigenvalue weighted by Crippen LogP contribution is 2.42. The Morgan fingerprint density at radius 1 is 1.07 bits per heavy atom. The van der Waals surface area contributed by atoms with Gasteiger partial charge in [-0.05, 0) is 32.4 Å². The summed E-state index contributed by atoms with van der Waals surface area (Å²) >= 11 is 6.60. The molecule has 28 heavy (non-hydrogen) atoms. The third-order valence-corrected chi connectivity index (χ3v) is 5.32. The molecule has 3 heterocycles. The maximum atomic E-state index is 6.60. The van der Waals surface area contributed by atoms with Crippen LogP contribution in [0.1, 0.15) is 29.8 Å². The van der Waals surface area contributed by atoms with E-state index in [-0.39, 0.29) is 6.04 Å². The van der Waals surface area contributed by atoms with Crippen molar-refractivity contribution in [1.82, 2.24) is 29.7 Å². The third kappa shape index (κ3) is 2.88. The number of halogens is 1. The van der Waals surface area contributed by atoms with E-state index in [9.17, 15) is 0 Å². The minimum Gasteiger partial charge on any atom is -0.496 e. The monoisotopic (exact) mass is 394 g/mol. The van der Waals surface area contributed by atoms with Gasteiger partial charge in [0.2, 0.25) is 0 Å². The van der Waals surface area contributed by atoms with Gasteiger partial charge in [0.1, 0.15) is 18.4 Å². The first-order valence-electron chi connectivity index (χ1n) is 8.80. The van der Waals surface area contributed by atoms with Gasteiger partial charge in [0, 0.05) is 40.3 Å². The maximum Gasteiger partial charge on any atom is 0.161 e. The Balaban J connectivity index is 1.96. The molecule has 0 aliphatic heterocycles. The number of aromatic nitrogens is 6. The van der Waals surface area contributed by atoms with Gasteiger partial charge in [0.05, 0.1) is 24.2 Å². The molecule has 0 bridgehead atoms. The zero-order valence-corrected chi connectivity index (χ0v) is 16.8. The molecule has 0 saturated heterocycles. The zero-order valence-electron chi connectivity index (χ0n) is 16.0. The highest BCUT2D eigenvalue weighted by atomic mass is 35.5. The van der Waals surface area contributed by atoms with Gasteiger partial charge < -0.3 is 4.74 Å². The minimum atomic E-state index is -0.164. The zero-order chi connectivity index (χ0) is 19.8. The van der Waals surface area contributed by atoms with Crippen molar-refractivity contribution in [2.75, 3.05) is 7.11 Å². The Bertz CT molecular complexity index is 1160. The number of nitrogens with zero attached hydrogens (tertiary/aromatic N) is 6. The van der Waals surface area contributed by atoms with Gasteiger partial charge in [-0.25, -0.2) is 24.6 Å². The Morgan fingerprint density at radius 2 is 1.79 bits per heavy atom. The number of methoxy groups -OCH3 is 1. The van der Waals surface area contributed by atoms with Crippen LogP contribution in [0.15, 0.2) is 37.3 Å². The number of hydrogen-bond donors (Lipinski definition) is 0. The summed E-state index contributed by atoms with van der Waals surface area (Å²) in [7, 11) is 1.65. The van der Waals surface area contributed by atoms with E-state index in [1.54, 1.807) is 25.7 Å². The predicted octanol–water partition coefficient (Wildman–Crippen LogP) is 4.17. The molecule has 4 rings (SSSR count). The van der Waals surface area contributed by atoms with Crippen molar-refractivity contribution < 1.29 is 4.74 Å². The molecule has 0 aliphatic carbocycles. The van der Waals surface area contributed by atoms with Crippen LogP contribution in [-0.2, 0) is 0 Å². The predicted molar refractivity (Wildman–Crippen MR) is 108 cm³/mol. The molecule has 0 N–H and O–H groups in total. The molecule has 1 aromatic carbocycles. The van der Waals surface area contributed by atoms with Gasteiger partial charge >= 0.3 is 0 Å². The van der Waals surface area contributed by atoms with E-state index in [0.717, 1.165) is 44.7 Å². The molecule has 0 amide bonds. The van der Waals surface area contributed by atoms with Crippen molar-refractivity contribution in [3.05, 3.63) is 59.2 Å². The second kappa shape index (κ2) is 7.16. The van der Waals surface area contributed by atoms with Gasteiger partial charge in [-0.3, -0.25) is 0 Å². The normalized spacial score (nSPS) is 12.3. The topological polar surface area (TPSA) is 78.6 Å². The quantitative estimate of drug-likeness (QED) is 0.516. The summed E-state index contributed by atoms with van der Waals surface area (Å²) in [6.07, 6.45) is 8.31. The van der Waals surface area contributed by atoms with E-state index >= 15 is 0 Å². The molecular formula is C20H19ClN6O. The first-order valence-corrected chi connectivity index (χ1v) is 9.18. The minimum absolute atomic E-state index is 0.164. The van der Waals surface area contributed by atoms with E-state index in [0.29, 0.717) is 5.02 Å². The van der Waals surface area contributed by atoms with Crippen molar-refractivity contribution in [2.45, 2.75) is 26.8 Å². The maximum absolute atomic E-state index is 6.60. The Kier molecular flexibility index (Phi) is 4.68. The number of hydrogen-bond acceptors (Lipinski definition) is 6. The summed E-state index contributed by atoms with van der Waals surface area (Å²) in [6.45, 7) is 5.95. The lowest BCUT2D eigenvalue weighted by molar-refractivity contribution is 0.402. The summed E-state index contributed by atoms with van der Waals surface area (Å²) in [5.74, 6) is 0.722. The first kappa shape index (κ1) is 18.3. The summed E-state index contributed by atoms with van der Waals surface area (Å²) in [6, 6.07) is 1.76. The third-order valence-electron chi connectivity index (χ3n) is 4.93. The molecule has 1 atom stereocenters. The van der Waals surface area contributed by atoms with Crippen molar-refractivity contribution in [2.24, 2.45) is 0 Å². The molecule has 0 radical (unpaired) electrons. The lowest BCUT2D eigenvalue weighted by atomic mass is 9.95. The van der Waals surface area contributed by atoms with Crippen LogP contribution in [0.4, 0.5) is 0 Å². The standard InChI is InChI=1S/C20H19ClN6O/c1-11-17(21)5-15(19(28-4)18(11)14-6-22-9-23-7-14)13(3)27-20-16(12(2)26-27)8-24-10-25-20/h5-10,13H,1-4H3. The van der Waals surface area contributed by atoms with Crippen molar-refractivity contribution in [3.8, 4) is 16.9 Å². The summed E-state index contributed by atoms with van der Waals surface area (Å²) in [5.41, 5.74) is 5.17. The fourth-order valence-electron chi connectivity index (χ4n) is 3.48. The lowest BCUT2D eigenvalue weighted by Gasteiger charge is -2.22. The van der Waals surface area contributed by atoms with Crippen LogP contribution in [0, 0.1) is 13.8 Å². The van der Waals surface area contributed by atoms with Gasteiger partial charge in [-0.1, -0.05) is 11.6 Å². The average molecular weight is 395 g/mol. The van der Waals surface area contributed by atoms with Gasteiger partial charge in [0.15, 0.2) is 5.65 Å². The van der Waals surface area contributed by atoms with E-state index < -0.39 is 0 Å². The molecule has 0 saturated carbocycles. The highest BCUT2D eigenvalue weighted by molar-refractivity contribution is 6.32. The van der Waals surface area contributed by atoms with Crippen molar-refractivity contribution in [1.29, 1.82) is 0 Å². The van der Waals surface area contributed by atoms with Crippen LogP contribution < -0.4 is 4.74 Å². The van der Waals surface area contributed by atoms with Crippen molar-refractivity contribution in [3.63, 3.8) is 0 Å². The smallest absolute Gasteiger partial charge is 0.161 e.